The monoisotopic (exact) mass is 518 g/mol. The minimum absolute atomic E-state index is 0.0158. The molecule has 0 radical (unpaired) electrons. The van der Waals surface area contributed by atoms with Crippen LogP contribution in [0.4, 0.5) is 0 Å². The molecule has 0 amide bonds. The molecule has 2 aliphatic heterocycles. The largest absolute Gasteiger partial charge is 0.508 e. The molecule has 200 valence electrons. The molecule has 7 N–H and O–H groups in total. The zero-order valence-corrected chi connectivity index (χ0v) is 20.2. The van der Waals surface area contributed by atoms with E-state index < -0.39 is 61.1 Å². The van der Waals surface area contributed by atoms with E-state index in [0.29, 0.717) is 5.56 Å². The van der Waals surface area contributed by atoms with Crippen LogP contribution >= 0.6 is 0 Å². The molecular formula is C26H30O11. The summed E-state index contributed by atoms with van der Waals surface area (Å²) < 4.78 is 17.3. The van der Waals surface area contributed by atoms with Gasteiger partial charge >= 0.3 is 0 Å². The highest BCUT2D eigenvalue weighted by atomic mass is 16.7. The van der Waals surface area contributed by atoms with Crippen molar-refractivity contribution in [2.75, 3.05) is 6.61 Å². The average Bonchev–Trinajstić information content (AvgIpc) is 2.86. The van der Waals surface area contributed by atoms with Gasteiger partial charge in [0.1, 0.15) is 53.0 Å². The highest BCUT2D eigenvalue weighted by Gasteiger charge is 2.46. The van der Waals surface area contributed by atoms with Crippen LogP contribution in [0.15, 0.2) is 42.0 Å². The number of carbonyl (C=O) groups is 1. The molecule has 0 saturated carbocycles. The Kier molecular flexibility index (Phi) is 7.74. The number of carbonyl (C=O) groups excluding carboxylic acids is 1. The lowest BCUT2D eigenvalue weighted by molar-refractivity contribution is -0.277. The number of aliphatic hydroxyl groups is 5. The number of fused-ring (bicyclic) bond motifs is 1. The van der Waals surface area contributed by atoms with Gasteiger partial charge in [0.25, 0.3) is 0 Å². The lowest BCUT2D eigenvalue weighted by atomic mass is 9.90. The van der Waals surface area contributed by atoms with E-state index in [1.807, 2.05) is 13.8 Å². The molecule has 37 heavy (non-hydrogen) atoms. The van der Waals surface area contributed by atoms with Crippen molar-refractivity contribution >= 4 is 5.78 Å². The van der Waals surface area contributed by atoms with E-state index in [4.69, 9.17) is 14.2 Å². The Balaban J connectivity index is 1.79. The van der Waals surface area contributed by atoms with Gasteiger partial charge in [-0.1, -0.05) is 23.8 Å². The fraction of sp³-hybridized carbons (Fsp3) is 0.423. The first-order chi connectivity index (χ1) is 17.5. The predicted molar refractivity (Wildman–Crippen MR) is 127 cm³/mol. The maximum absolute atomic E-state index is 13.1. The van der Waals surface area contributed by atoms with Crippen molar-refractivity contribution in [3.8, 4) is 23.0 Å². The minimum atomic E-state index is -1.71. The van der Waals surface area contributed by atoms with E-state index in [9.17, 15) is 40.5 Å². The van der Waals surface area contributed by atoms with Crippen LogP contribution in [0, 0.1) is 0 Å². The first kappa shape index (κ1) is 26.9. The summed E-state index contributed by atoms with van der Waals surface area (Å²) in [5.74, 6) is -1.45. The summed E-state index contributed by atoms with van der Waals surface area (Å²) in [6.45, 7) is 3.04. The van der Waals surface area contributed by atoms with Gasteiger partial charge in [0.2, 0.25) is 12.1 Å². The summed E-state index contributed by atoms with van der Waals surface area (Å²) in [7, 11) is 0. The quantitative estimate of drug-likeness (QED) is 0.263. The number of allylic oxidation sites excluding steroid dienone is 2. The van der Waals surface area contributed by atoms with E-state index in [1.165, 1.54) is 24.3 Å². The van der Waals surface area contributed by atoms with Gasteiger partial charge in [-0.05, 0) is 38.0 Å². The van der Waals surface area contributed by atoms with E-state index in [-0.39, 0.29) is 34.8 Å². The number of Topliss-reactive ketones (excluding diaryl/α,β-unsaturated/α-hetero) is 1. The molecule has 2 aliphatic rings. The van der Waals surface area contributed by atoms with E-state index in [0.717, 1.165) is 11.6 Å². The molecule has 11 nitrogen and oxygen atoms in total. The number of benzene rings is 2. The lowest BCUT2D eigenvalue weighted by Crippen LogP contribution is -2.60. The van der Waals surface area contributed by atoms with E-state index in [2.05, 4.69) is 0 Å². The number of rotatable bonds is 6. The first-order valence-electron chi connectivity index (χ1n) is 11.7. The second-order valence-electron chi connectivity index (χ2n) is 9.32. The van der Waals surface area contributed by atoms with Crippen LogP contribution in [0.5, 0.6) is 23.0 Å². The highest BCUT2D eigenvalue weighted by molar-refractivity contribution is 6.06. The summed E-state index contributed by atoms with van der Waals surface area (Å²) in [5.41, 5.74) is 1.35. The number of hydrogen-bond donors (Lipinski definition) is 7. The maximum Gasteiger partial charge on any atom is 0.229 e. The standard InChI is InChI=1S/C26H30O11/c1-11(2)3-8-14-16(35-26-23(34)21(32)19(30)17(10-27)36-26)9-15(29)18-20(31)22(33)24(37-25(14)18)12-4-6-13(28)7-5-12/h3-7,9,17,19,21-24,26-30,32-34H,8,10H2,1-2H3/t17-,19-,21+,22+,23-,24-,26+/m1/s1. The van der Waals surface area contributed by atoms with Gasteiger partial charge in [-0.25, -0.2) is 0 Å². The first-order valence-corrected chi connectivity index (χ1v) is 11.7. The molecule has 7 atom stereocenters. The smallest absolute Gasteiger partial charge is 0.229 e. The molecule has 2 heterocycles. The molecule has 1 saturated heterocycles. The molecule has 0 aliphatic carbocycles. The third-order valence-corrected chi connectivity index (χ3v) is 6.40. The van der Waals surface area contributed by atoms with E-state index >= 15 is 0 Å². The summed E-state index contributed by atoms with van der Waals surface area (Å²) in [4.78, 5) is 13.1. The van der Waals surface area contributed by atoms with Gasteiger partial charge in [-0.3, -0.25) is 4.79 Å². The van der Waals surface area contributed by atoms with Crippen molar-refractivity contribution in [2.45, 2.75) is 63.2 Å². The maximum atomic E-state index is 13.1. The van der Waals surface area contributed by atoms with Gasteiger partial charge < -0.3 is 50.0 Å². The van der Waals surface area contributed by atoms with Crippen LogP contribution in [0.25, 0.3) is 0 Å². The Hall–Kier alpha value is -3.19. The number of phenolic OH excluding ortho intramolecular Hbond substituents is 2. The summed E-state index contributed by atoms with van der Waals surface area (Å²) in [6.07, 6.45) is -8.58. The number of ether oxygens (including phenoxy) is 3. The summed E-state index contributed by atoms with van der Waals surface area (Å²) >= 11 is 0. The number of aliphatic hydroxyl groups excluding tert-OH is 5. The number of ketones is 1. The average molecular weight is 519 g/mol. The Bertz CT molecular complexity index is 1170. The Morgan fingerprint density at radius 1 is 1.03 bits per heavy atom. The summed E-state index contributed by atoms with van der Waals surface area (Å²) in [6, 6.07) is 6.86. The molecule has 0 aromatic heterocycles. The molecule has 2 aromatic rings. The van der Waals surface area contributed by atoms with Crippen LogP contribution in [0.3, 0.4) is 0 Å². The van der Waals surface area contributed by atoms with Crippen molar-refractivity contribution in [2.24, 2.45) is 0 Å². The van der Waals surface area contributed by atoms with Crippen LogP contribution in [-0.4, -0.2) is 84.9 Å². The van der Waals surface area contributed by atoms with Crippen LogP contribution in [-0.2, 0) is 11.2 Å². The van der Waals surface area contributed by atoms with Gasteiger partial charge in [-0.2, -0.15) is 0 Å². The highest BCUT2D eigenvalue weighted by Crippen LogP contribution is 2.46. The molecule has 0 bridgehead atoms. The zero-order chi connectivity index (χ0) is 27.0. The SMILES string of the molecule is CC(C)=CCc1c(O[C@H]2O[C@H](CO)[C@@H](O)[C@H](O)[C@H]2O)cc(O)c2c1O[C@H](c1ccc(O)cc1)[C@@H](O)C2=O. The zero-order valence-electron chi connectivity index (χ0n) is 20.2. The van der Waals surface area contributed by atoms with Crippen LogP contribution in [0.1, 0.15) is 41.4 Å². The topological polar surface area (TPSA) is 186 Å². The van der Waals surface area contributed by atoms with Crippen LogP contribution < -0.4 is 9.47 Å². The second-order valence-corrected chi connectivity index (χ2v) is 9.32. The number of aromatic hydroxyl groups is 2. The number of phenols is 2. The third kappa shape index (κ3) is 5.14. The fourth-order valence-electron chi connectivity index (χ4n) is 4.32. The normalized spacial score (nSPS) is 29.3. The predicted octanol–water partition coefficient (Wildman–Crippen LogP) is 0.462. The van der Waals surface area contributed by atoms with Gasteiger partial charge in [-0.15, -0.1) is 0 Å². The molecule has 11 heteroatoms. The van der Waals surface area contributed by atoms with Crippen LogP contribution in [0.2, 0.25) is 0 Å². The van der Waals surface area contributed by atoms with Crippen molar-refractivity contribution in [3.05, 3.63) is 58.7 Å². The lowest BCUT2D eigenvalue weighted by Gasteiger charge is -2.40. The van der Waals surface area contributed by atoms with Gasteiger partial charge in [0.05, 0.1) is 6.61 Å². The second kappa shape index (κ2) is 10.7. The molecular weight excluding hydrogens is 488 g/mol. The summed E-state index contributed by atoms with van der Waals surface area (Å²) in [5, 5.41) is 71.2. The Labute approximate surface area is 212 Å². The Morgan fingerprint density at radius 2 is 1.70 bits per heavy atom. The van der Waals surface area contributed by atoms with Crippen molar-refractivity contribution < 1.29 is 54.8 Å². The fourth-order valence-corrected chi connectivity index (χ4v) is 4.32. The molecule has 1 fully saturated rings. The van der Waals surface area contributed by atoms with Gasteiger partial charge in [0.15, 0.2) is 12.2 Å². The van der Waals surface area contributed by atoms with Crippen molar-refractivity contribution in [1.29, 1.82) is 0 Å². The van der Waals surface area contributed by atoms with Crippen molar-refractivity contribution in [1.82, 2.24) is 0 Å². The molecule has 4 rings (SSSR count). The van der Waals surface area contributed by atoms with Gasteiger partial charge in [0, 0.05) is 11.6 Å². The molecule has 0 spiro atoms. The third-order valence-electron chi connectivity index (χ3n) is 6.40. The molecule has 0 unspecified atom stereocenters. The molecule has 2 aromatic carbocycles. The Morgan fingerprint density at radius 3 is 2.32 bits per heavy atom. The number of hydrogen-bond acceptors (Lipinski definition) is 11. The van der Waals surface area contributed by atoms with E-state index in [1.54, 1.807) is 6.08 Å². The van der Waals surface area contributed by atoms with Crippen molar-refractivity contribution in [3.63, 3.8) is 0 Å². The minimum Gasteiger partial charge on any atom is -0.508 e.